The normalized spacial score (nSPS) is 14.0. The minimum absolute atomic E-state index is 0.166. The molecular weight excluding hydrogens is 411 g/mol. The van der Waals surface area contributed by atoms with Crippen LogP contribution in [-0.2, 0) is 0 Å². The monoisotopic (exact) mass is 436 g/mol. The van der Waals surface area contributed by atoms with Gasteiger partial charge in [0, 0.05) is 42.4 Å². The summed E-state index contributed by atoms with van der Waals surface area (Å²) < 4.78 is 4.99. The molecule has 0 aliphatic carbocycles. The third kappa shape index (κ3) is 5.26. The van der Waals surface area contributed by atoms with Gasteiger partial charge in [-0.25, -0.2) is 4.79 Å². The van der Waals surface area contributed by atoms with Gasteiger partial charge in [-0.3, -0.25) is 0 Å². The molecule has 1 fully saturated rings. The number of nitrogens with zero attached hydrogens (tertiary/aromatic N) is 2. The lowest BCUT2D eigenvalue weighted by Gasteiger charge is -2.31. The van der Waals surface area contributed by atoms with E-state index in [1.54, 1.807) is 0 Å². The Kier molecular flexibility index (Phi) is 7.11. The average Bonchev–Trinajstić information content (AvgIpc) is 3.22. The van der Waals surface area contributed by atoms with E-state index in [-0.39, 0.29) is 6.03 Å². The minimum atomic E-state index is -0.592. The Hall–Kier alpha value is -2.69. The number of benzene rings is 3. The summed E-state index contributed by atoms with van der Waals surface area (Å²) >= 11 is 1.91. The van der Waals surface area contributed by atoms with Crippen molar-refractivity contribution < 1.29 is 4.79 Å². The van der Waals surface area contributed by atoms with Gasteiger partial charge in [-0.2, -0.15) is 0 Å². The highest BCUT2D eigenvalue weighted by Gasteiger charge is 2.33. The van der Waals surface area contributed by atoms with E-state index in [0.717, 1.165) is 24.5 Å². The highest BCUT2D eigenvalue weighted by molar-refractivity contribution is 8.56. The molecule has 1 heterocycles. The van der Waals surface area contributed by atoms with Crippen LogP contribution in [0.4, 0.5) is 21.9 Å². The number of hydrogen-bond donors (Lipinski definition) is 2. The fourth-order valence-electron chi connectivity index (χ4n) is 3.27. The molecule has 0 aromatic heterocycles. The zero-order chi connectivity index (χ0) is 20.6. The second-order valence-electron chi connectivity index (χ2n) is 6.75. The molecule has 0 spiro atoms. The van der Waals surface area contributed by atoms with Crippen molar-refractivity contribution in [1.29, 1.82) is 0 Å². The maximum absolute atomic E-state index is 12.1. The second-order valence-corrected chi connectivity index (χ2v) is 10.6. The summed E-state index contributed by atoms with van der Waals surface area (Å²) in [6, 6.07) is 30.5. The number of anilines is 3. The van der Waals surface area contributed by atoms with Crippen LogP contribution in [0.5, 0.6) is 0 Å². The molecule has 5 nitrogen and oxygen atoms in total. The third-order valence-electron chi connectivity index (χ3n) is 4.67. The van der Waals surface area contributed by atoms with Crippen molar-refractivity contribution >= 4 is 41.9 Å². The zero-order valence-electron chi connectivity index (χ0n) is 16.6. The maximum Gasteiger partial charge on any atom is 0.319 e. The molecule has 0 atom stereocenters. The molecule has 0 unspecified atom stereocenters. The molecular formula is C23H25N4OPS. The molecule has 0 bridgehead atoms. The Labute approximate surface area is 183 Å². The van der Waals surface area contributed by atoms with E-state index in [2.05, 4.69) is 80.6 Å². The second kappa shape index (κ2) is 10.4. The van der Waals surface area contributed by atoms with Crippen LogP contribution in [0.2, 0.25) is 0 Å². The van der Waals surface area contributed by atoms with Crippen molar-refractivity contribution in [2.24, 2.45) is 0 Å². The van der Waals surface area contributed by atoms with Crippen LogP contribution in [0, 0.1) is 0 Å². The largest absolute Gasteiger partial charge is 0.337 e. The summed E-state index contributed by atoms with van der Waals surface area (Å²) in [5.74, 6) is 0.848. The van der Waals surface area contributed by atoms with Crippen LogP contribution in [0.1, 0.15) is 0 Å². The molecule has 0 saturated carbocycles. The Morgan fingerprint density at radius 2 is 1.30 bits per heavy atom. The van der Waals surface area contributed by atoms with Crippen LogP contribution in [-0.4, -0.2) is 31.4 Å². The molecule has 3 aromatic rings. The van der Waals surface area contributed by atoms with Gasteiger partial charge >= 0.3 is 6.03 Å². The van der Waals surface area contributed by atoms with Crippen molar-refractivity contribution in [1.82, 2.24) is 5.32 Å². The summed E-state index contributed by atoms with van der Waals surface area (Å²) in [5.41, 5.74) is 3.31. The summed E-state index contributed by atoms with van der Waals surface area (Å²) in [7, 11) is -0.592. The van der Waals surface area contributed by atoms with E-state index >= 15 is 0 Å². The molecule has 1 saturated heterocycles. The predicted octanol–water partition coefficient (Wildman–Crippen LogP) is 5.80. The van der Waals surface area contributed by atoms with Crippen molar-refractivity contribution in [2.45, 2.75) is 0 Å². The van der Waals surface area contributed by atoms with Gasteiger partial charge in [0.15, 0.2) is 7.42 Å². The van der Waals surface area contributed by atoms with Crippen LogP contribution >= 0.6 is 18.8 Å². The van der Waals surface area contributed by atoms with Crippen LogP contribution in [0.25, 0.3) is 0 Å². The van der Waals surface area contributed by atoms with Gasteiger partial charge in [0.1, 0.15) is 0 Å². The van der Waals surface area contributed by atoms with Crippen LogP contribution < -0.4 is 20.0 Å². The first kappa shape index (κ1) is 20.6. The van der Waals surface area contributed by atoms with Crippen LogP contribution in [0.3, 0.4) is 0 Å². The van der Waals surface area contributed by atoms with Crippen LogP contribution in [0.15, 0.2) is 91.0 Å². The molecule has 3 aromatic carbocycles. The van der Waals surface area contributed by atoms with E-state index in [1.165, 1.54) is 11.4 Å². The summed E-state index contributed by atoms with van der Waals surface area (Å²) in [6.07, 6.45) is 0. The topological polar surface area (TPSA) is 47.6 Å². The highest BCUT2D eigenvalue weighted by Crippen LogP contribution is 2.61. The summed E-state index contributed by atoms with van der Waals surface area (Å²) in [5, 5.41) is 5.83. The van der Waals surface area contributed by atoms with E-state index in [0.29, 0.717) is 6.54 Å². The number of carbonyl (C=O) groups excluding carboxylic acids is 1. The maximum atomic E-state index is 12.1. The summed E-state index contributed by atoms with van der Waals surface area (Å²) in [6.45, 7) is 2.62. The molecule has 0 radical (unpaired) electrons. The smallest absolute Gasteiger partial charge is 0.319 e. The number of urea groups is 1. The van der Waals surface area contributed by atoms with Crippen molar-refractivity contribution in [3.05, 3.63) is 91.0 Å². The van der Waals surface area contributed by atoms with Crippen molar-refractivity contribution in [2.75, 3.05) is 40.0 Å². The molecule has 2 N–H and O–H groups in total. The summed E-state index contributed by atoms with van der Waals surface area (Å²) in [4.78, 5) is 12.1. The molecule has 2 amide bonds. The minimum Gasteiger partial charge on any atom is -0.337 e. The van der Waals surface area contributed by atoms with E-state index in [4.69, 9.17) is 0 Å². The van der Waals surface area contributed by atoms with E-state index in [9.17, 15) is 4.79 Å². The Morgan fingerprint density at radius 1 is 0.800 bits per heavy atom. The van der Waals surface area contributed by atoms with E-state index < -0.39 is 7.42 Å². The van der Waals surface area contributed by atoms with Gasteiger partial charge in [-0.05, 0) is 36.4 Å². The van der Waals surface area contributed by atoms with Gasteiger partial charge in [-0.15, -0.1) is 0 Å². The number of rotatable bonds is 7. The Balaban J connectivity index is 1.36. The first-order valence-electron chi connectivity index (χ1n) is 9.99. The lowest BCUT2D eigenvalue weighted by atomic mass is 10.3. The van der Waals surface area contributed by atoms with Crippen molar-refractivity contribution in [3.63, 3.8) is 0 Å². The van der Waals surface area contributed by atoms with Gasteiger partial charge in [0.25, 0.3) is 0 Å². The number of hydrogen-bond acceptors (Lipinski definition) is 4. The number of nitrogens with one attached hydrogen (secondary N) is 2. The first-order valence-corrected chi connectivity index (χ1v) is 12.8. The Morgan fingerprint density at radius 3 is 1.83 bits per heavy atom. The molecule has 7 heteroatoms. The van der Waals surface area contributed by atoms with Gasteiger partial charge in [0.05, 0.1) is 0 Å². The van der Waals surface area contributed by atoms with Gasteiger partial charge in [-0.1, -0.05) is 66.0 Å². The number of carbonyl (C=O) groups is 1. The quantitative estimate of drug-likeness (QED) is 0.363. The zero-order valence-corrected chi connectivity index (χ0v) is 18.4. The molecule has 1 aliphatic rings. The Bertz CT molecular complexity index is 882. The number of amides is 2. The number of para-hydroxylation sites is 3. The van der Waals surface area contributed by atoms with Gasteiger partial charge in [0.2, 0.25) is 0 Å². The molecule has 4 rings (SSSR count). The third-order valence-corrected chi connectivity index (χ3v) is 9.40. The average molecular weight is 437 g/mol. The van der Waals surface area contributed by atoms with Gasteiger partial charge < -0.3 is 20.0 Å². The van der Waals surface area contributed by atoms with E-state index in [1.807, 2.05) is 41.7 Å². The predicted molar refractivity (Wildman–Crippen MR) is 130 cm³/mol. The fourth-order valence-corrected chi connectivity index (χ4v) is 8.01. The lowest BCUT2D eigenvalue weighted by Crippen LogP contribution is -2.30. The fraction of sp³-hybridized carbons (Fsp3) is 0.174. The molecule has 154 valence electrons. The standard InChI is InChI=1S/C23H25N4OPS/c28-23(25-20-10-4-1-5-11-20)24-16-19-30-29-26(21-12-6-2-7-13-21)17-18-27(29)22-14-8-3-9-15-22/h1-15H,16-19H2,(H2,24,25,28). The SMILES string of the molecule is O=C(NCCSP1N(c2ccccc2)CCN1c1ccccc1)Nc1ccccc1. The molecule has 1 aliphatic heterocycles. The highest BCUT2D eigenvalue weighted by atomic mass is 32.7. The molecule has 30 heavy (non-hydrogen) atoms. The first-order chi connectivity index (χ1) is 14.8. The van der Waals surface area contributed by atoms with Crippen molar-refractivity contribution in [3.8, 4) is 0 Å². The lowest BCUT2D eigenvalue weighted by molar-refractivity contribution is 0.252.